The molecule has 0 aliphatic carbocycles. The van der Waals surface area contributed by atoms with Gasteiger partial charge in [0, 0.05) is 12.6 Å². The highest BCUT2D eigenvalue weighted by Gasteiger charge is 2.18. The molecule has 0 aliphatic heterocycles. The molecule has 1 heterocycles. The minimum atomic E-state index is -2.64. The van der Waals surface area contributed by atoms with Gasteiger partial charge in [-0.3, -0.25) is 9.48 Å². The molecule has 0 aromatic carbocycles. The average Bonchev–Trinajstić information content (AvgIpc) is 2.95. The van der Waals surface area contributed by atoms with Crippen molar-refractivity contribution in [2.45, 2.75) is 85.2 Å². The minimum Gasteiger partial charge on any atom is -0.351 e. The maximum absolute atomic E-state index is 13.0. The van der Waals surface area contributed by atoms with Crippen molar-refractivity contribution in [1.29, 1.82) is 0 Å². The summed E-state index contributed by atoms with van der Waals surface area (Å²) in [6, 6.07) is 1.29. The standard InChI is InChI=1S/C20H36F2N4O/c1-5-7-9-11-25(12-10-8-6-2)14-17(4)23-19(27)15-26-18(20(21)22)13-16(3)24-26/h13,17,20H,5-12,14-15H2,1-4H3,(H,23,27). The number of nitrogens with zero attached hydrogens (tertiary/aromatic N) is 3. The summed E-state index contributed by atoms with van der Waals surface area (Å²) < 4.78 is 27.1. The Kier molecular flexibility index (Phi) is 11.2. The van der Waals surface area contributed by atoms with E-state index in [1.54, 1.807) is 6.92 Å². The lowest BCUT2D eigenvalue weighted by molar-refractivity contribution is -0.122. The summed E-state index contributed by atoms with van der Waals surface area (Å²) in [6.07, 6.45) is 4.47. The van der Waals surface area contributed by atoms with Crippen molar-refractivity contribution in [2.75, 3.05) is 19.6 Å². The molecule has 1 atom stereocenters. The molecule has 0 radical (unpaired) electrons. The van der Waals surface area contributed by atoms with Gasteiger partial charge in [0.05, 0.1) is 5.69 Å². The molecule has 5 nitrogen and oxygen atoms in total. The number of hydrogen-bond donors (Lipinski definition) is 1. The Balaban J connectivity index is 2.53. The Hall–Kier alpha value is -1.50. The fourth-order valence-electron chi connectivity index (χ4n) is 3.22. The molecule has 27 heavy (non-hydrogen) atoms. The van der Waals surface area contributed by atoms with Crippen LogP contribution in [0.5, 0.6) is 0 Å². The Bertz CT molecular complexity index is 538. The van der Waals surface area contributed by atoms with Crippen LogP contribution in [0.3, 0.4) is 0 Å². The predicted octanol–water partition coefficient (Wildman–Crippen LogP) is 4.32. The summed E-state index contributed by atoms with van der Waals surface area (Å²) in [7, 11) is 0. The first-order chi connectivity index (χ1) is 12.9. The van der Waals surface area contributed by atoms with E-state index < -0.39 is 6.43 Å². The van der Waals surface area contributed by atoms with Crippen LogP contribution in [0.2, 0.25) is 0 Å². The molecule has 156 valence electrons. The Labute approximate surface area is 162 Å². The third-order valence-electron chi connectivity index (χ3n) is 4.55. The number of amides is 1. The second-order valence-corrected chi connectivity index (χ2v) is 7.35. The molecule has 0 fully saturated rings. The van der Waals surface area contributed by atoms with E-state index in [2.05, 4.69) is 29.2 Å². The Morgan fingerprint density at radius 1 is 1.19 bits per heavy atom. The molecule has 1 rings (SSSR count). The maximum atomic E-state index is 13.0. The number of alkyl halides is 2. The number of carbonyl (C=O) groups excluding carboxylic acids is 1. The van der Waals surface area contributed by atoms with E-state index in [4.69, 9.17) is 0 Å². The lowest BCUT2D eigenvalue weighted by atomic mass is 10.2. The largest absolute Gasteiger partial charge is 0.351 e. The van der Waals surface area contributed by atoms with Crippen molar-refractivity contribution in [2.24, 2.45) is 0 Å². The third kappa shape index (κ3) is 9.31. The highest BCUT2D eigenvalue weighted by Crippen LogP contribution is 2.19. The first-order valence-electron chi connectivity index (χ1n) is 10.2. The van der Waals surface area contributed by atoms with Crippen molar-refractivity contribution in [3.63, 3.8) is 0 Å². The fraction of sp³-hybridized carbons (Fsp3) is 0.800. The molecule has 0 saturated heterocycles. The van der Waals surface area contributed by atoms with Crippen LogP contribution >= 0.6 is 0 Å². The van der Waals surface area contributed by atoms with Gasteiger partial charge in [0.2, 0.25) is 5.91 Å². The van der Waals surface area contributed by atoms with Crippen LogP contribution in [-0.2, 0) is 11.3 Å². The fourth-order valence-corrected chi connectivity index (χ4v) is 3.22. The monoisotopic (exact) mass is 386 g/mol. The topological polar surface area (TPSA) is 50.2 Å². The molecule has 0 spiro atoms. The second-order valence-electron chi connectivity index (χ2n) is 7.35. The van der Waals surface area contributed by atoms with Crippen molar-refractivity contribution in [1.82, 2.24) is 20.0 Å². The summed E-state index contributed by atoms with van der Waals surface area (Å²) >= 11 is 0. The number of hydrogen-bond acceptors (Lipinski definition) is 3. The van der Waals surface area contributed by atoms with Gasteiger partial charge in [0.25, 0.3) is 6.43 Å². The molecular weight excluding hydrogens is 350 g/mol. The Morgan fingerprint density at radius 2 is 1.78 bits per heavy atom. The third-order valence-corrected chi connectivity index (χ3v) is 4.55. The van der Waals surface area contributed by atoms with E-state index in [0.29, 0.717) is 5.69 Å². The lowest BCUT2D eigenvalue weighted by Crippen LogP contribution is -2.44. The molecule has 1 amide bonds. The van der Waals surface area contributed by atoms with Crippen molar-refractivity contribution in [3.8, 4) is 0 Å². The number of carbonyl (C=O) groups is 1. The van der Waals surface area contributed by atoms with Gasteiger partial charge in [-0.05, 0) is 45.8 Å². The first-order valence-corrected chi connectivity index (χ1v) is 10.2. The van der Waals surface area contributed by atoms with E-state index >= 15 is 0 Å². The second kappa shape index (κ2) is 12.8. The summed E-state index contributed by atoms with van der Waals surface area (Å²) in [5, 5.41) is 6.93. The lowest BCUT2D eigenvalue weighted by Gasteiger charge is -2.26. The minimum absolute atomic E-state index is 0.0348. The summed E-state index contributed by atoms with van der Waals surface area (Å²) in [6.45, 7) is 10.7. The summed E-state index contributed by atoms with van der Waals surface area (Å²) in [5.74, 6) is -0.283. The molecule has 0 aliphatic rings. The van der Waals surface area contributed by atoms with Crippen molar-refractivity contribution >= 4 is 5.91 Å². The molecule has 0 bridgehead atoms. The smallest absolute Gasteiger partial charge is 0.280 e. The van der Waals surface area contributed by atoms with Crippen molar-refractivity contribution in [3.05, 3.63) is 17.5 Å². The molecule has 1 N–H and O–H groups in total. The number of halogens is 2. The van der Waals surface area contributed by atoms with Crippen LogP contribution in [-0.4, -0.2) is 46.3 Å². The summed E-state index contributed by atoms with van der Waals surface area (Å²) in [5.41, 5.74) is 0.278. The van der Waals surface area contributed by atoms with Gasteiger partial charge < -0.3 is 10.2 Å². The van der Waals surface area contributed by atoms with E-state index in [0.717, 1.165) is 37.2 Å². The molecule has 1 unspecified atom stereocenters. The van der Waals surface area contributed by atoms with Gasteiger partial charge in [-0.2, -0.15) is 5.10 Å². The molecule has 7 heteroatoms. The average molecular weight is 387 g/mol. The van der Waals surface area contributed by atoms with E-state index in [1.165, 1.54) is 31.7 Å². The van der Waals surface area contributed by atoms with Crippen LogP contribution in [0, 0.1) is 6.92 Å². The Morgan fingerprint density at radius 3 is 2.30 bits per heavy atom. The molecule has 0 saturated carbocycles. The van der Waals surface area contributed by atoms with Crippen LogP contribution < -0.4 is 5.32 Å². The number of aryl methyl sites for hydroxylation is 1. The first kappa shape index (κ1) is 23.5. The quantitative estimate of drug-likeness (QED) is 0.485. The zero-order valence-corrected chi connectivity index (χ0v) is 17.3. The van der Waals surface area contributed by atoms with Gasteiger partial charge in [-0.25, -0.2) is 8.78 Å². The van der Waals surface area contributed by atoms with Crippen LogP contribution in [0.25, 0.3) is 0 Å². The van der Waals surface area contributed by atoms with E-state index in [-0.39, 0.29) is 24.2 Å². The number of unbranched alkanes of at least 4 members (excludes halogenated alkanes) is 4. The van der Waals surface area contributed by atoms with Gasteiger partial charge in [-0.15, -0.1) is 0 Å². The molecule has 1 aromatic heterocycles. The zero-order valence-electron chi connectivity index (χ0n) is 17.3. The SMILES string of the molecule is CCCCCN(CCCCC)CC(C)NC(=O)Cn1nc(C)cc1C(F)F. The zero-order chi connectivity index (χ0) is 20.2. The number of nitrogens with one attached hydrogen (secondary N) is 1. The van der Waals surface area contributed by atoms with E-state index in [9.17, 15) is 13.6 Å². The van der Waals surface area contributed by atoms with Gasteiger partial charge in [0.15, 0.2) is 0 Å². The number of aromatic nitrogens is 2. The molecule has 1 aromatic rings. The summed E-state index contributed by atoms with van der Waals surface area (Å²) in [4.78, 5) is 14.7. The normalized spacial score (nSPS) is 12.7. The van der Waals surface area contributed by atoms with Gasteiger partial charge in [-0.1, -0.05) is 39.5 Å². The van der Waals surface area contributed by atoms with Gasteiger partial charge >= 0.3 is 0 Å². The van der Waals surface area contributed by atoms with Crippen molar-refractivity contribution < 1.29 is 13.6 Å². The maximum Gasteiger partial charge on any atom is 0.280 e. The van der Waals surface area contributed by atoms with Gasteiger partial charge in [0.1, 0.15) is 12.2 Å². The highest BCUT2D eigenvalue weighted by atomic mass is 19.3. The van der Waals surface area contributed by atoms with Crippen LogP contribution in [0.4, 0.5) is 8.78 Å². The highest BCUT2D eigenvalue weighted by molar-refractivity contribution is 5.76. The van der Waals surface area contributed by atoms with E-state index in [1.807, 2.05) is 6.92 Å². The van der Waals surface area contributed by atoms with Crippen LogP contribution in [0.1, 0.15) is 77.1 Å². The number of rotatable bonds is 14. The van der Waals surface area contributed by atoms with Crippen LogP contribution in [0.15, 0.2) is 6.07 Å². The molecular formula is C20H36F2N4O. The predicted molar refractivity (Wildman–Crippen MR) is 105 cm³/mol.